The van der Waals surface area contributed by atoms with E-state index in [1.165, 1.54) is 0 Å². The van der Waals surface area contributed by atoms with E-state index < -0.39 is 0 Å². The number of ether oxygens (including phenoxy) is 1. The second-order valence-electron chi connectivity index (χ2n) is 4.96. The molecule has 5 heteroatoms. The van der Waals surface area contributed by atoms with E-state index in [1.807, 2.05) is 0 Å². The summed E-state index contributed by atoms with van der Waals surface area (Å²) in [5.41, 5.74) is 0. The third-order valence-corrected chi connectivity index (χ3v) is 4.14. The first-order valence-corrected chi connectivity index (χ1v) is 8.13. The van der Waals surface area contributed by atoms with Crippen molar-refractivity contribution in [2.24, 2.45) is 5.92 Å². The fourth-order valence-electron chi connectivity index (χ4n) is 1.88. The van der Waals surface area contributed by atoms with Gasteiger partial charge in [-0.25, -0.2) is 0 Å². The molecule has 1 rings (SSSR count). The van der Waals surface area contributed by atoms with Gasteiger partial charge in [0.25, 0.3) is 0 Å². The Labute approximate surface area is 136 Å². The van der Waals surface area contributed by atoms with E-state index in [4.69, 9.17) is 39.5 Å². The molecule has 20 heavy (non-hydrogen) atoms. The van der Waals surface area contributed by atoms with E-state index >= 15 is 0 Å². The molecule has 2 nitrogen and oxygen atoms in total. The first kappa shape index (κ1) is 17.9. The van der Waals surface area contributed by atoms with Gasteiger partial charge >= 0.3 is 0 Å². The number of rotatable bonds is 8. The van der Waals surface area contributed by atoms with Gasteiger partial charge in [-0.2, -0.15) is 0 Å². The fourth-order valence-corrected chi connectivity index (χ4v) is 2.80. The first-order valence-electron chi connectivity index (χ1n) is 7.00. The van der Waals surface area contributed by atoms with Crippen LogP contribution in [-0.2, 0) is 0 Å². The summed E-state index contributed by atoms with van der Waals surface area (Å²) in [6.07, 6.45) is 2.18. The zero-order valence-electron chi connectivity index (χ0n) is 12.2. The lowest BCUT2D eigenvalue weighted by molar-refractivity contribution is 0.221. The van der Waals surface area contributed by atoms with E-state index in [-0.39, 0.29) is 6.04 Å². The molecule has 0 amide bonds. The van der Waals surface area contributed by atoms with E-state index in [2.05, 4.69) is 26.1 Å². The minimum absolute atomic E-state index is 0.280. The highest BCUT2D eigenvalue weighted by atomic mass is 35.5. The molecule has 0 saturated heterocycles. The van der Waals surface area contributed by atoms with Gasteiger partial charge in [0.2, 0.25) is 0 Å². The molecule has 1 aromatic carbocycles. The molecule has 1 aromatic rings. The summed E-state index contributed by atoms with van der Waals surface area (Å²) in [5.74, 6) is 1.02. The highest BCUT2D eigenvalue weighted by molar-refractivity contribution is 6.40. The van der Waals surface area contributed by atoms with Crippen LogP contribution in [-0.4, -0.2) is 19.2 Å². The monoisotopic (exact) mass is 337 g/mol. The molecular formula is C15H22Cl3NO. The van der Waals surface area contributed by atoms with Gasteiger partial charge in [-0.05, 0) is 31.0 Å². The number of halogens is 3. The highest BCUT2D eigenvalue weighted by Gasteiger charge is 2.17. The topological polar surface area (TPSA) is 21.3 Å². The zero-order valence-corrected chi connectivity index (χ0v) is 14.4. The minimum Gasteiger partial charge on any atom is -0.489 e. The average Bonchev–Trinajstić information content (AvgIpc) is 2.40. The maximum atomic E-state index is 6.12. The van der Waals surface area contributed by atoms with Crippen LogP contribution in [0.25, 0.3) is 0 Å². The van der Waals surface area contributed by atoms with Crippen molar-refractivity contribution in [3.63, 3.8) is 0 Å². The standard InChI is InChI=1S/C15H22Cl3NO/c1-4-6-19-14(10(3)5-2)9-20-15-12(17)7-11(16)8-13(15)18/h7-8,10,14,19H,4-6,9H2,1-3H3. The predicted molar refractivity (Wildman–Crippen MR) is 88.5 cm³/mol. The molecule has 114 valence electrons. The molecule has 0 aliphatic rings. The Hall–Kier alpha value is -0.150. The highest BCUT2D eigenvalue weighted by Crippen LogP contribution is 2.36. The molecule has 0 aliphatic heterocycles. The number of nitrogens with one attached hydrogen (secondary N) is 1. The van der Waals surface area contributed by atoms with Crippen molar-refractivity contribution < 1.29 is 4.74 Å². The summed E-state index contributed by atoms with van der Waals surface area (Å²) in [5, 5.41) is 4.90. The van der Waals surface area contributed by atoms with Gasteiger partial charge in [-0.3, -0.25) is 0 Å². The lowest BCUT2D eigenvalue weighted by atomic mass is 10.00. The number of benzene rings is 1. The quantitative estimate of drug-likeness (QED) is 0.681. The summed E-state index contributed by atoms with van der Waals surface area (Å²) >= 11 is 18.1. The lowest BCUT2D eigenvalue weighted by Crippen LogP contribution is -2.40. The van der Waals surface area contributed by atoms with Crippen molar-refractivity contribution in [1.29, 1.82) is 0 Å². The molecule has 0 fully saturated rings. The van der Waals surface area contributed by atoms with Crippen LogP contribution in [0.4, 0.5) is 0 Å². The molecule has 0 aromatic heterocycles. The largest absolute Gasteiger partial charge is 0.489 e. The minimum atomic E-state index is 0.280. The molecule has 2 unspecified atom stereocenters. The molecule has 1 N–H and O–H groups in total. The fraction of sp³-hybridized carbons (Fsp3) is 0.600. The summed E-state index contributed by atoms with van der Waals surface area (Å²) in [6.45, 7) is 8.04. The molecular weight excluding hydrogens is 317 g/mol. The van der Waals surface area contributed by atoms with Gasteiger partial charge in [0.1, 0.15) is 6.61 Å². The molecule has 0 spiro atoms. The van der Waals surface area contributed by atoms with Crippen LogP contribution >= 0.6 is 34.8 Å². The summed E-state index contributed by atoms with van der Waals surface area (Å²) in [6, 6.07) is 3.56. The molecule has 0 saturated carbocycles. The van der Waals surface area contributed by atoms with Crippen LogP contribution in [0.2, 0.25) is 15.1 Å². The van der Waals surface area contributed by atoms with Gasteiger partial charge in [-0.1, -0.05) is 62.0 Å². The summed E-state index contributed by atoms with van der Waals surface area (Å²) in [4.78, 5) is 0. The molecule has 0 heterocycles. The zero-order chi connectivity index (χ0) is 15.1. The van der Waals surface area contributed by atoms with E-state index in [9.17, 15) is 0 Å². The van der Waals surface area contributed by atoms with Crippen molar-refractivity contribution in [1.82, 2.24) is 5.32 Å². The van der Waals surface area contributed by atoms with Gasteiger partial charge in [0.15, 0.2) is 5.75 Å². The van der Waals surface area contributed by atoms with Crippen molar-refractivity contribution >= 4 is 34.8 Å². The number of hydrogen-bond acceptors (Lipinski definition) is 2. The van der Waals surface area contributed by atoms with Crippen LogP contribution in [0.15, 0.2) is 12.1 Å². The Morgan fingerprint density at radius 3 is 2.25 bits per heavy atom. The van der Waals surface area contributed by atoms with Gasteiger partial charge in [-0.15, -0.1) is 0 Å². The summed E-state index contributed by atoms with van der Waals surface area (Å²) < 4.78 is 5.82. The predicted octanol–water partition coefficient (Wildman–Crippen LogP) is 5.44. The van der Waals surface area contributed by atoms with Crippen LogP contribution in [0.1, 0.15) is 33.6 Å². The maximum Gasteiger partial charge on any atom is 0.156 e. The van der Waals surface area contributed by atoms with Crippen LogP contribution < -0.4 is 10.1 Å². The number of hydrogen-bond donors (Lipinski definition) is 1. The molecule has 0 radical (unpaired) electrons. The smallest absolute Gasteiger partial charge is 0.156 e. The Morgan fingerprint density at radius 2 is 1.75 bits per heavy atom. The Bertz CT molecular complexity index is 403. The van der Waals surface area contributed by atoms with E-state index in [0.717, 1.165) is 19.4 Å². The van der Waals surface area contributed by atoms with Crippen molar-refractivity contribution in [2.75, 3.05) is 13.2 Å². The summed E-state index contributed by atoms with van der Waals surface area (Å²) in [7, 11) is 0. The van der Waals surface area contributed by atoms with Crippen molar-refractivity contribution in [2.45, 2.75) is 39.7 Å². The first-order chi connectivity index (χ1) is 9.49. The Morgan fingerprint density at radius 1 is 1.15 bits per heavy atom. The maximum absolute atomic E-state index is 6.12. The lowest BCUT2D eigenvalue weighted by Gasteiger charge is -2.25. The SMILES string of the molecule is CCCNC(COc1c(Cl)cc(Cl)cc1Cl)C(C)CC. The normalized spacial score (nSPS) is 14.1. The van der Waals surface area contributed by atoms with Gasteiger partial charge < -0.3 is 10.1 Å². The third-order valence-electron chi connectivity index (χ3n) is 3.36. The van der Waals surface area contributed by atoms with Gasteiger partial charge in [0.05, 0.1) is 10.0 Å². The van der Waals surface area contributed by atoms with Gasteiger partial charge in [0, 0.05) is 11.1 Å². The second kappa shape index (κ2) is 8.99. The van der Waals surface area contributed by atoms with Crippen LogP contribution in [0, 0.1) is 5.92 Å². The average molecular weight is 339 g/mol. The van der Waals surface area contributed by atoms with Crippen molar-refractivity contribution in [3.05, 3.63) is 27.2 Å². The Kier molecular flexibility index (Phi) is 8.04. The molecule has 0 bridgehead atoms. The van der Waals surface area contributed by atoms with Crippen LogP contribution in [0.3, 0.4) is 0 Å². The van der Waals surface area contributed by atoms with Crippen LogP contribution in [0.5, 0.6) is 5.75 Å². The molecule has 2 atom stereocenters. The van der Waals surface area contributed by atoms with E-state index in [0.29, 0.717) is 33.3 Å². The third kappa shape index (κ3) is 5.33. The van der Waals surface area contributed by atoms with E-state index in [1.54, 1.807) is 12.1 Å². The van der Waals surface area contributed by atoms with Crippen molar-refractivity contribution in [3.8, 4) is 5.75 Å². The second-order valence-corrected chi connectivity index (χ2v) is 6.21. The Balaban J connectivity index is 2.71. The molecule has 0 aliphatic carbocycles.